The SMILES string of the molecule is CC1C2=C(c3ccccc3)c3ccc4n3C35n6c(ccc6=C(c6ccccc6)C6=[N+]3C(=C4c3ccccc3)C(C)C6C)=C(c3ccccc3)C(=[N+]25)C1C.CC1c2nc(c(-c3ccccc3)c3ccc([nH]3)c(-c3ccccc3)c3nc(c(-c4ccccc4)c4ccc([nH]4)c2-c2ccccc2)C(C)C3C)C1C. The molecule has 8 aliphatic rings. The minimum atomic E-state index is -0.706. The minimum Gasteiger partial charge on any atom is -0.354 e. The Kier molecular flexibility index (Phi) is 14.4. The lowest BCUT2D eigenvalue weighted by molar-refractivity contribution is -0.838. The zero-order valence-corrected chi connectivity index (χ0v) is 60.5. The Morgan fingerprint density at radius 3 is 0.771 bits per heavy atom. The third kappa shape index (κ3) is 8.98. The van der Waals surface area contributed by atoms with E-state index in [4.69, 9.17) is 9.97 Å². The largest absolute Gasteiger partial charge is 0.552 e. The van der Waals surface area contributed by atoms with Gasteiger partial charge in [0.15, 0.2) is 0 Å². The van der Waals surface area contributed by atoms with E-state index in [1.54, 1.807) is 0 Å². The molecule has 0 radical (unpaired) electrons. The van der Waals surface area contributed by atoms with Gasteiger partial charge in [0.1, 0.15) is 0 Å². The topological polar surface area (TPSA) is 73.2 Å². The Balaban J connectivity index is 0.000000140. The molecule has 0 amide bonds. The van der Waals surface area contributed by atoms with E-state index in [9.17, 15) is 0 Å². The Bertz CT molecular complexity index is 5650. The number of fused-ring (bicyclic) bond motifs is 8. The molecule has 0 aliphatic carbocycles. The quantitative estimate of drug-likeness (QED) is 0.149. The molecule has 0 saturated carbocycles. The summed E-state index contributed by atoms with van der Waals surface area (Å²) in [5.74, 6) is 1.18. The lowest BCUT2D eigenvalue weighted by Gasteiger charge is -2.42. The number of aromatic nitrogens is 6. The first-order valence-corrected chi connectivity index (χ1v) is 37.8. The van der Waals surface area contributed by atoms with Crippen molar-refractivity contribution >= 4 is 55.8 Å². The van der Waals surface area contributed by atoms with Gasteiger partial charge in [0.2, 0.25) is 22.8 Å². The van der Waals surface area contributed by atoms with Crippen LogP contribution in [0.1, 0.15) is 135 Å². The van der Waals surface area contributed by atoms with Crippen LogP contribution in [-0.4, -0.2) is 49.6 Å². The summed E-state index contributed by atoms with van der Waals surface area (Å²) in [5.41, 5.74) is 36.5. The van der Waals surface area contributed by atoms with Crippen LogP contribution in [0.15, 0.2) is 303 Å². The van der Waals surface area contributed by atoms with E-state index in [-0.39, 0.29) is 47.3 Å². The molecule has 105 heavy (non-hydrogen) atoms. The van der Waals surface area contributed by atoms with Crippen molar-refractivity contribution in [2.24, 2.45) is 23.7 Å². The van der Waals surface area contributed by atoms with Crippen LogP contribution in [0, 0.1) is 23.7 Å². The second-order valence-electron chi connectivity index (χ2n) is 30.3. The molecule has 13 aromatic rings. The molecule has 0 saturated heterocycles. The van der Waals surface area contributed by atoms with E-state index in [2.05, 4.69) is 375 Å². The van der Waals surface area contributed by atoms with Gasteiger partial charge in [0, 0.05) is 68.0 Å². The number of allylic oxidation sites excluding steroid dienone is 2. The van der Waals surface area contributed by atoms with Gasteiger partial charge in [0.25, 0.3) is 0 Å². The van der Waals surface area contributed by atoms with Gasteiger partial charge in [-0.15, -0.1) is 0 Å². The molecular weight excluding hydrogens is 1280 g/mol. The normalized spacial score (nSPS) is 22.1. The van der Waals surface area contributed by atoms with Gasteiger partial charge in [-0.3, -0.25) is 9.97 Å². The van der Waals surface area contributed by atoms with Gasteiger partial charge in [0.05, 0.1) is 90.8 Å². The summed E-state index contributed by atoms with van der Waals surface area (Å²) >= 11 is 0. The van der Waals surface area contributed by atoms with Gasteiger partial charge in [-0.2, -0.15) is 9.13 Å². The van der Waals surface area contributed by atoms with Crippen LogP contribution in [0.4, 0.5) is 0 Å². The molecule has 8 aromatic carbocycles. The molecule has 2 N–H and O–H groups in total. The number of aromatic amines is 2. The number of nitrogens with one attached hydrogen (secondary N) is 2. The Labute approximate surface area is 613 Å². The summed E-state index contributed by atoms with van der Waals surface area (Å²) in [4.78, 5) is 19.2. The minimum absolute atomic E-state index is 0.182. The highest BCUT2D eigenvalue weighted by atomic mass is 15.6. The number of rotatable bonds is 8. The highest BCUT2D eigenvalue weighted by Crippen LogP contribution is 2.59. The zero-order valence-electron chi connectivity index (χ0n) is 60.5. The fraction of sp³-hybridized carbons (Fsp3) is 0.175. The van der Waals surface area contributed by atoms with Gasteiger partial charge < -0.3 is 9.97 Å². The fourth-order valence-corrected chi connectivity index (χ4v) is 19.4. The van der Waals surface area contributed by atoms with Crippen LogP contribution in [0.5, 0.6) is 0 Å². The summed E-state index contributed by atoms with van der Waals surface area (Å²) in [7, 11) is 0. The third-order valence-corrected chi connectivity index (χ3v) is 24.9. The van der Waals surface area contributed by atoms with E-state index in [0.29, 0.717) is 0 Å². The number of hydrogen-bond donors (Lipinski definition) is 2. The molecule has 8 aliphatic heterocycles. The van der Waals surface area contributed by atoms with Crippen LogP contribution in [0.25, 0.3) is 88.9 Å². The Hall–Kier alpha value is -12.0. The fourth-order valence-electron chi connectivity index (χ4n) is 19.4. The molecule has 1 spiro atoms. The number of H-pyrrole nitrogens is 2. The summed E-state index contributed by atoms with van der Waals surface area (Å²) in [6, 6.07) is 106. The monoisotopic (exact) mass is 1360 g/mol. The first kappa shape index (κ1) is 62.8. The molecule has 8 nitrogen and oxygen atoms in total. The predicted molar refractivity (Wildman–Crippen MR) is 428 cm³/mol. The molecule has 8 heteroatoms. The van der Waals surface area contributed by atoms with Crippen molar-refractivity contribution in [2.75, 3.05) is 0 Å². The Morgan fingerprint density at radius 2 is 0.505 bits per heavy atom. The summed E-state index contributed by atoms with van der Waals surface area (Å²) in [6.07, 6.45) is 0. The van der Waals surface area contributed by atoms with E-state index < -0.39 is 5.91 Å². The maximum absolute atomic E-state index is 5.66. The van der Waals surface area contributed by atoms with Crippen molar-refractivity contribution in [3.63, 3.8) is 0 Å². The second-order valence-corrected chi connectivity index (χ2v) is 30.3. The van der Waals surface area contributed by atoms with E-state index in [1.165, 1.54) is 89.4 Å². The van der Waals surface area contributed by atoms with Gasteiger partial charge in [-0.1, -0.05) is 307 Å². The van der Waals surface area contributed by atoms with Gasteiger partial charge in [-0.25, -0.2) is 0 Å². The number of benzene rings is 8. The van der Waals surface area contributed by atoms with E-state index in [1.807, 2.05) is 0 Å². The molecule has 8 bridgehead atoms. The van der Waals surface area contributed by atoms with Crippen molar-refractivity contribution in [1.82, 2.24) is 29.1 Å². The average Bonchev–Trinajstić information content (AvgIpc) is 1.49. The smallest absolute Gasteiger partial charge is 0.354 e. The first-order valence-electron chi connectivity index (χ1n) is 37.8. The molecule has 0 fully saturated rings. The van der Waals surface area contributed by atoms with Crippen molar-refractivity contribution in [3.8, 4) is 44.5 Å². The summed E-state index contributed by atoms with van der Waals surface area (Å²) in [5, 5.41) is 2.57. The zero-order chi connectivity index (χ0) is 70.7. The molecule has 508 valence electrons. The average molecular weight is 1360 g/mol. The molecule has 21 rings (SSSR count). The van der Waals surface area contributed by atoms with Crippen molar-refractivity contribution < 1.29 is 9.15 Å². The standard InChI is InChI=1S/C49H40N4.C48H42N4/c1-29-30(2)46-42(34-19-11-6-12-20-34)38-27-28-40-44(36-23-15-8-16-24-36)48-32(4)31(3)47-43(35-21-13-7-14-22-35)39-26-25-37-41(33-17-9-5-10-18-33)45(29)52(46)49(50(37)39,51(38)40)53(47)48;1-29-30(2)46-42(34-19-11-6-12-20-34)38-27-28-40(50-38)44(36-23-15-8-16-24-36)48-32(4)31(3)47(52-48)43(35-21-13-7-14-22-35)39-26-25-37(49-39)41(45(29)51-46)33-17-9-5-10-18-33/h5-32H,1-4H3;5-32,49-50H,1-4H3/q+2;. The second kappa shape index (κ2) is 24.0. The highest BCUT2D eigenvalue weighted by molar-refractivity contribution is 6.25. The van der Waals surface area contributed by atoms with Gasteiger partial charge >= 0.3 is 5.91 Å². The predicted octanol–water partition coefficient (Wildman–Crippen LogP) is 20.7. The van der Waals surface area contributed by atoms with Crippen molar-refractivity contribution in [1.29, 1.82) is 0 Å². The maximum Gasteiger partial charge on any atom is 0.552 e. The third-order valence-electron chi connectivity index (χ3n) is 24.9. The van der Waals surface area contributed by atoms with E-state index >= 15 is 0 Å². The molecule has 8 unspecified atom stereocenters. The van der Waals surface area contributed by atoms with Crippen LogP contribution in [-0.2, 0) is 5.91 Å². The van der Waals surface area contributed by atoms with Crippen LogP contribution in [0.2, 0.25) is 0 Å². The maximum atomic E-state index is 5.66. The number of hydrogen-bond acceptors (Lipinski definition) is 2. The molecule has 8 atom stereocenters. The first-order chi connectivity index (χ1) is 51.5. The van der Waals surface area contributed by atoms with Crippen LogP contribution in [0.3, 0.4) is 0 Å². The van der Waals surface area contributed by atoms with Crippen molar-refractivity contribution in [2.45, 2.75) is 85.0 Å². The van der Waals surface area contributed by atoms with Crippen molar-refractivity contribution in [3.05, 3.63) is 370 Å². The van der Waals surface area contributed by atoms with Crippen LogP contribution >= 0.6 is 0 Å². The molecular formula is C97H82N8+2. The highest BCUT2D eigenvalue weighted by Gasteiger charge is 2.77. The van der Waals surface area contributed by atoms with E-state index in [0.717, 1.165) is 89.4 Å². The lowest BCUT2D eigenvalue weighted by Crippen LogP contribution is -2.71. The summed E-state index contributed by atoms with van der Waals surface area (Å²) < 4.78 is 11.2. The number of nitrogens with zero attached hydrogens (tertiary/aromatic N) is 6. The van der Waals surface area contributed by atoms with Crippen LogP contribution < -0.4 is 10.7 Å². The Morgan fingerprint density at radius 1 is 0.257 bits per heavy atom. The molecule has 13 heterocycles. The summed E-state index contributed by atoms with van der Waals surface area (Å²) in [6.45, 7) is 19.2. The molecule has 5 aromatic heterocycles. The van der Waals surface area contributed by atoms with Gasteiger partial charge in [-0.05, 0) is 93.0 Å². The lowest BCUT2D eigenvalue weighted by atomic mass is 9.84.